The third-order valence-corrected chi connectivity index (χ3v) is 3.78. The number of nitrogens with one attached hydrogen (secondary N) is 1. The van der Waals surface area contributed by atoms with E-state index in [0.717, 1.165) is 24.1 Å². The highest BCUT2D eigenvalue weighted by molar-refractivity contribution is 5.84. The van der Waals surface area contributed by atoms with Crippen molar-refractivity contribution in [1.29, 1.82) is 0 Å². The molecule has 0 atom stereocenters. The maximum Gasteiger partial charge on any atom is 0.274 e. The summed E-state index contributed by atoms with van der Waals surface area (Å²) in [7, 11) is 0. The van der Waals surface area contributed by atoms with Gasteiger partial charge in [-0.25, -0.2) is 4.68 Å². The fraction of sp³-hybridized carbons (Fsp3) is 0.375. The first kappa shape index (κ1) is 15.2. The third kappa shape index (κ3) is 3.56. The Hall–Kier alpha value is -2.70. The van der Waals surface area contributed by atoms with Crippen molar-refractivity contribution in [1.82, 2.24) is 20.1 Å². The van der Waals surface area contributed by atoms with E-state index in [0.29, 0.717) is 18.5 Å². The summed E-state index contributed by atoms with van der Waals surface area (Å²) in [6, 6.07) is 7.33. The van der Waals surface area contributed by atoms with Gasteiger partial charge in [0.1, 0.15) is 6.54 Å². The standard InChI is InChI=1S/C16H19N5O2/c1-12-6-8-20(19-12)11-15(22)17-7-9-21-16(23)14-5-3-2-4-13(14)10-18-21/h2-5,10H,6-9,11H2,1H3,(H,17,22). The summed E-state index contributed by atoms with van der Waals surface area (Å²) in [6.45, 7) is 3.69. The van der Waals surface area contributed by atoms with Crippen LogP contribution in [-0.4, -0.2) is 46.0 Å². The van der Waals surface area contributed by atoms with Gasteiger partial charge in [0, 0.05) is 30.6 Å². The predicted molar refractivity (Wildman–Crippen MR) is 88.3 cm³/mol. The fourth-order valence-electron chi connectivity index (χ4n) is 2.56. The molecular formula is C16H19N5O2. The molecule has 1 aromatic heterocycles. The van der Waals surface area contributed by atoms with Crippen molar-refractivity contribution in [3.05, 3.63) is 40.8 Å². The van der Waals surface area contributed by atoms with Crippen LogP contribution in [0.15, 0.2) is 40.4 Å². The summed E-state index contributed by atoms with van der Waals surface area (Å²) in [4.78, 5) is 24.1. The van der Waals surface area contributed by atoms with Crippen LogP contribution >= 0.6 is 0 Å². The molecule has 120 valence electrons. The van der Waals surface area contributed by atoms with Crippen LogP contribution in [-0.2, 0) is 11.3 Å². The number of benzene rings is 1. The number of carbonyl (C=O) groups is 1. The summed E-state index contributed by atoms with van der Waals surface area (Å²) >= 11 is 0. The van der Waals surface area contributed by atoms with Crippen LogP contribution in [0.3, 0.4) is 0 Å². The highest BCUT2D eigenvalue weighted by Gasteiger charge is 2.14. The zero-order valence-electron chi connectivity index (χ0n) is 13.0. The van der Waals surface area contributed by atoms with E-state index in [4.69, 9.17) is 0 Å². The van der Waals surface area contributed by atoms with E-state index in [1.54, 1.807) is 17.3 Å². The Morgan fingerprint density at radius 3 is 2.96 bits per heavy atom. The van der Waals surface area contributed by atoms with E-state index in [9.17, 15) is 9.59 Å². The molecule has 0 spiro atoms. The molecule has 0 bridgehead atoms. The Bertz CT molecular complexity index is 811. The molecule has 1 N–H and O–H groups in total. The Balaban J connectivity index is 1.55. The predicted octanol–water partition coefficient (Wildman–Crippen LogP) is 0.594. The van der Waals surface area contributed by atoms with Gasteiger partial charge in [-0.15, -0.1) is 0 Å². The minimum absolute atomic E-state index is 0.0997. The topological polar surface area (TPSA) is 79.6 Å². The van der Waals surface area contributed by atoms with Crippen LogP contribution in [0.2, 0.25) is 0 Å². The number of hydrazone groups is 1. The zero-order chi connectivity index (χ0) is 16.2. The molecule has 1 aliphatic heterocycles. The van der Waals surface area contributed by atoms with Crippen LogP contribution < -0.4 is 10.9 Å². The molecule has 7 heteroatoms. The lowest BCUT2D eigenvalue weighted by Crippen LogP contribution is -2.37. The van der Waals surface area contributed by atoms with Crippen LogP contribution in [0.5, 0.6) is 0 Å². The Morgan fingerprint density at radius 2 is 2.17 bits per heavy atom. The second-order valence-corrected chi connectivity index (χ2v) is 5.58. The lowest BCUT2D eigenvalue weighted by Gasteiger charge is -2.13. The fourth-order valence-corrected chi connectivity index (χ4v) is 2.56. The minimum Gasteiger partial charge on any atom is -0.353 e. The number of rotatable bonds is 5. The van der Waals surface area contributed by atoms with Gasteiger partial charge in [-0.1, -0.05) is 18.2 Å². The number of hydrogen-bond acceptors (Lipinski definition) is 5. The number of aromatic nitrogens is 2. The van der Waals surface area contributed by atoms with Crippen molar-refractivity contribution in [2.45, 2.75) is 19.9 Å². The lowest BCUT2D eigenvalue weighted by atomic mass is 10.2. The van der Waals surface area contributed by atoms with Crippen molar-refractivity contribution in [2.75, 3.05) is 19.6 Å². The molecule has 0 saturated heterocycles. The van der Waals surface area contributed by atoms with Gasteiger partial charge >= 0.3 is 0 Å². The van der Waals surface area contributed by atoms with E-state index >= 15 is 0 Å². The average Bonchev–Trinajstić information content (AvgIpc) is 2.95. The van der Waals surface area contributed by atoms with Gasteiger partial charge in [0.15, 0.2) is 0 Å². The molecule has 0 fully saturated rings. The molecule has 2 heterocycles. The number of nitrogens with zero attached hydrogens (tertiary/aromatic N) is 4. The van der Waals surface area contributed by atoms with E-state index in [2.05, 4.69) is 15.5 Å². The van der Waals surface area contributed by atoms with Crippen LogP contribution in [0, 0.1) is 0 Å². The maximum absolute atomic E-state index is 12.3. The molecular weight excluding hydrogens is 294 g/mol. The molecule has 1 amide bonds. The number of hydrogen-bond donors (Lipinski definition) is 1. The van der Waals surface area contributed by atoms with Crippen molar-refractivity contribution in [3.63, 3.8) is 0 Å². The summed E-state index contributed by atoms with van der Waals surface area (Å²) < 4.78 is 1.38. The average molecular weight is 313 g/mol. The molecule has 3 rings (SSSR count). The van der Waals surface area contributed by atoms with Crippen molar-refractivity contribution >= 4 is 22.4 Å². The van der Waals surface area contributed by atoms with Crippen molar-refractivity contribution in [3.8, 4) is 0 Å². The number of carbonyl (C=O) groups excluding carboxylic acids is 1. The van der Waals surface area contributed by atoms with Gasteiger partial charge in [0.25, 0.3) is 5.56 Å². The first-order valence-electron chi connectivity index (χ1n) is 7.64. The maximum atomic E-state index is 12.3. The van der Waals surface area contributed by atoms with Gasteiger partial charge in [-0.3, -0.25) is 14.6 Å². The quantitative estimate of drug-likeness (QED) is 0.876. The van der Waals surface area contributed by atoms with Crippen molar-refractivity contribution in [2.24, 2.45) is 5.10 Å². The summed E-state index contributed by atoms with van der Waals surface area (Å²) in [6.07, 6.45) is 2.57. The zero-order valence-corrected chi connectivity index (χ0v) is 13.0. The molecule has 0 saturated carbocycles. The Morgan fingerprint density at radius 1 is 1.35 bits per heavy atom. The first-order valence-corrected chi connectivity index (χ1v) is 7.64. The molecule has 0 unspecified atom stereocenters. The SMILES string of the molecule is CC1=NN(CC(=O)NCCn2ncc3ccccc3c2=O)CC1. The molecule has 23 heavy (non-hydrogen) atoms. The van der Waals surface area contributed by atoms with Gasteiger partial charge in [-0.2, -0.15) is 10.2 Å². The molecule has 7 nitrogen and oxygen atoms in total. The van der Waals surface area contributed by atoms with Gasteiger partial charge < -0.3 is 5.32 Å². The van der Waals surface area contributed by atoms with Crippen LogP contribution in [0.25, 0.3) is 10.8 Å². The van der Waals surface area contributed by atoms with E-state index in [1.165, 1.54) is 4.68 Å². The lowest BCUT2D eigenvalue weighted by molar-refractivity contribution is -0.122. The van der Waals surface area contributed by atoms with Crippen molar-refractivity contribution < 1.29 is 4.79 Å². The highest BCUT2D eigenvalue weighted by Crippen LogP contribution is 2.06. The second-order valence-electron chi connectivity index (χ2n) is 5.58. The van der Waals surface area contributed by atoms with E-state index in [1.807, 2.05) is 25.1 Å². The van der Waals surface area contributed by atoms with Crippen LogP contribution in [0.1, 0.15) is 13.3 Å². The summed E-state index contributed by atoms with van der Waals surface area (Å²) in [5, 5.41) is 14.4. The highest BCUT2D eigenvalue weighted by atomic mass is 16.2. The largest absolute Gasteiger partial charge is 0.353 e. The number of amides is 1. The Labute approximate surface area is 133 Å². The van der Waals surface area contributed by atoms with Gasteiger partial charge in [0.2, 0.25) is 5.91 Å². The first-order chi connectivity index (χ1) is 11.1. The monoisotopic (exact) mass is 313 g/mol. The summed E-state index contributed by atoms with van der Waals surface area (Å²) in [5.74, 6) is -0.0997. The molecule has 0 aliphatic carbocycles. The third-order valence-electron chi connectivity index (χ3n) is 3.78. The summed E-state index contributed by atoms with van der Waals surface area (Å²) in [5.41, 5.74) is 0.904. The minimum atomic E-state index is -0.142. The second kappa shape index (κ2) is 6.60. The van der Waals surface area contributed by atoms with Gasteiger partial charge in [0.05, 0.1) is 18.1 Å². The molecule has 1 aromatic carbocycles. The normalized spacial score (nSPS) is 14.1. The smallest absolute Gasteiger partial charge is 0.274 e. The van der Waals surface area contributed by atoms with E-state index in [-0.39, 0.29) is 18.0 Å². The molecule has 2 aromatic rings. The van der Waals surface area contributed by atoms with Gasteiger partial charge in [-0.05, 0) is 13.0 Å². The number of fused-ring (bicyclic) bond motifs is 1. The Kier molecular flexibility index (Phi) is 4.36. The van der Waals surface area contributed by atoms with Crippen LogP contribution in [0.4, 0.5) is 0 Å². The van der Waals surface area contributed by atoms with E-state index < -0.39 is 0 Å². The molecule has 0 radical (unpaired) electrons. The molecule has 1 aliphatic rings.